The number of alkyl halides is 1. The molecule has 0 amide bonds. The average Bonchev–Trinajstić information content (AvgIpc) is 2.48. The highest BCUT2D eigenvalue weighted by molar-refractivity contribution is 5.87. The topological polar surface area (TPSA) is 21.3 Å². The molecular weight excluding hydrogens is 265 g/mol. The predicted molar refractivity (Wildman–Crippen MR) is 86.6 cm³/mol. The maximum absolute atomic E-state index is 12.2. The molecule has 0 bridgehead atoms. The zero-order chi connectivity index (χ0) is 15.1. The molecule has 0 aliphatic heterocycles. The van der Waals surface area contributed by atoms with Gasteiger partial charge < -0.3 is 10.1 Å². The van der Waals surface area contributed by atoms with Gasteiger partial charge in [-0.2, -0.15) is 0 Å². The lowest BCUT2D eigenvalue weighted by atomic mass is 10.0. The van der Waals surface area contributed by atoms with Gasteiger partial charge in [0.2, 0.25) is 0 Å². The van der Waals surface area contributed by atoms with Gasteiger partial charge in [-0.25, -0.2) is 0 Å². The molecule has 0 aliphatic rings. The highest BCUT2D eigenvalue weighted by Gasteiger charge is 2.09. The molecule has 0 saturated carbocycles. The Labute approximate surface area is 126 Å². The van der Waals surface area contributed by atoms with Crippen molar-refractivity contribution in [3.63, 3.8) is 0 Å². The number of benzene rings is 2. The largest absolute Gasteiger partial charge is 0.493 e. The van der Waals surface area contributed by atoms with Crippen molar-refractivity contribution in [2.24, 2.45) is 5.92 Å². The van der Waals surface area contributed by atoms with E-state index in [-0.39, 0.29) is 6.67 Å². The van der Waals surface area contributed by atoms with E-state index in [9.17, 15) is 4.39 Å². The van der Waals surface area contributed by atoms with Crippen LogP contribution in [0, 0.1) is 5.92 Å². The fourth-order valence-corrected chi connectivity index (χ4v) is 2.36. The minimum absolute atomic E-state index is 0.339. The summed E-state index contributed by atoms with van der Waals surface area (Å²) in [7, 11) is 0. The first-order chi connectivity index (χ1) is 10.2. The summed E-state index contributed by atoms with van der Waals surface area (Å²) in [6.45, 7) is 6.20. The summed E-state index contributed by atoms with van der Waals surface area (Å²) >= 11 is 0. The van der Waals surface area contributed by atoms with Crippen molar-refractivity contribution < 1.29 is 9.13 Å². The maximum atomic E-state index is 12.2. The normalized spacial score (nSPS) is 11.2. The quantitative estimate of drug-likeness (QED) is 0.731. The van der Waals surface area contributed by atoms with E-state index in [2.05, 4.69) is 37.4 Å². The number of nitrogens with one attached hydrogen (secondary N) is 1. The molecule has 0 unspecified atom stereocenters. The second-order valence-corrected chi connectivity index (χ2v) is 5.68. The minimum Gasteiger partial charge on any atom is -0.493 e. The summed E-state index contributed by atoms with van der Waals surface area (Å²) in [6, 6.07) is 12.4. The molecule has 0 saturated heterocycles. The molecule has 2 aromatic carbocycles. The molecule has 0 aromatic heterocycles. The average molecular weight is 289 g/mol. The monoisotopic (exact) mass is 289 g/mol. The second kappa shape index (κ2) is 7.99. The first kappa shape index (κ1) is 15.8. The molecule has 0 spiro atoms. The molecule has 3 heteroatoms. The van der Waals surface area contributed by atoms with Crippen LogP contribution in [0.2, 0.25) is 0 Å². The Hall–Kier alpha value is -1.61. The molecule has 2 aromatic rings. The van der Waals surface area contributed by atoms with Gasteiger partial charge in [0.25, 0.3) is 0 Å². The molecule has 0 fully saturated rings. The van der Waals surface area contributed by atoms with Crippen LogP contribution in [0.3, 0.4) is 0 Å². The minimum atomic E-state index is -0.339. The molecule has 1 N–H and O–H groups in total. The Morgan fingerprint density at radius 1 is 1.14 bits per heavy atom. The van der Waals surface area contributed by atoms with Crippen LogP contribution in [0.4, 0.5) is 4.39 Å². The number of hydrogen-bond acceptors (Lipinski definition) is 2. The van der Waals surface area contributed by atoms with E-state index in [4.69, 9.17) is 4.74 Å². The molecule has 0 aliphatic carbocycles. The molecule has 0 heterocycles. The van der Waals surface area contributed by atoms with Crippen molar-refractivity contribution in [3.8, 4) is 5.75 Å². The van der Waals surface area contributed by atoms with Crippen molar-refractivity contribution in [1.82, 2.24) is 5.32 Å². The summed E-state index contributed by atoms with van der Waals surface area (Å²) in [5.74, 6) is 1.47. The van der Waals surface area contributed by atoms with E-state index < -0.39 is 0 Å². The van der Waals surface area contributed by atoms with E-state index in [0.717, 1.165) is 24.4 Å². The summed E-state index contributed by atoms with van der Waals surface area (Å²) in [4.78, 5) is 0. The second-order valence-electron chi connectivity index (χ2n) is 5.68. The lowest BCUT2D eigenvalue weighted by Gasteiger charge is -2.15. The molecule has 0 atom stereocenters. The Balaban J connectivity index is 2.23. The van der Waals surface area contributed by atoms with Crippen LogP contribution in [-0.4, -0.2) is 19.8 Å². The first-order valence-corrected chi connectivity index (χ1v) is 7.62. The van der Waals surface area contributed by atoms with Crippen LogP contribution >= 0.6 is 0 Å². The highest BCUT2D eigenvalue weighted by atomic mass is 19.1. The Morgan fingerprint density at radius 2 is 1.95 bits per heavy atom. The number of halogens is 1. The van der Waals surface area contributed by atoms with Crippen molar-refractivity contribution in [1.29, 1.82) is 0 Å². The van der Waals surface area contributed by atoms with Gasteiger partial charge in [-0.15, -0.1) is 0 Å². The van der Waals surface area contributed by atoms with E-state index in [1.807, 2.05) is 18.2 Å². The maximum Gasteiger partial charge on any atom is 0.124 e. The van der Waals surface area contributed by atoms with Gasteiger partial charge in [0.1, 0.15) is 5.75 Å². The van der Waals surface area contributed by atoms with Crippen LogP contribution in [0.5, 0.6) is 5.75 Å². The lowest BCUT2D eigenvalue weighted by Crippen LogP contribution is -2.19. The van der Waals surface area contributed by atoms with Crippen LogP contribution in [0.15, 0.2) is 36.4 Å². The third kappa shape index (κ3) is 4.43. The van der Waals surface area contributed by atoms with Crippen LogP contribution in [0.1, 0.15) is 25.8 Å². The van der Waals surface area contributed by atoms with Gasteiger partial charge in [0.05, 0.1) is 13.3 Å². The van der Waals surface area contributed by atoms with Gasteiger partial charge >= 0.3 is 0 Å². The molecule has 2 nitrogen and oxygen atoms in total. The number of rotatable bonds is 8. The van der Waals surface area contributed by atoms with Gasteiger partial charge in [-0.3, -0.25) is 4.39 Å². The molecule has 21 heavy (non-hydrogen) atoms. The van der Waals surface area contributed by atoms with Crippen molar-refractivity contribution in [3.05, 3.63) is 42.0 Å². The Bertz CT molecular complexity index is 568. The number of fused-ring (bicyclic) bond motifs is 1. The zero-order valence-electron chi connectivity index (χ0n) is 12.9. The Morgan fingerprint density at radius 3 is 2.71 bits per heavy atom. The summed E-state index contributed by atoms with van der Waals surface area (Å²) in [5.41, 5.74) is 1.16. The molecule has 0 radical (unpaired) electrons. The fraction of sp³-hybridized carbons (Fsp3) is 0.444. The van der Waals surface area contributed by atoms with Gasteiger partial charge in [0, 0.05) is 18.5 Å². The number of ether oxygens (including phenoxy) is 1. The van der Waals surface area contributed by atoms with Crippen molar-refractivity contribution >= 4 is 10.8 Å². The lowest BCUT2D eigenvalue weighted by molar-refractivity contribution is 0.287. The first-order valence-electron chi connectivity index (χ1n) is 7.62. The molecule has 2 rings (SSSR count). The van der Waals surface area contributed by atoms with Crippen molar-refractivity contribution in [2.45, 2.75) is 26.8 Å². The van der Waals surface area contributed by atoms with Crippen LogP contribution in [0.25, 0.3) is 10.8 Å². The van der Waals surface area contributed by atoms with E-state index in [0.29, 0.717) is 18.9 Å². The smallest absolute Gasteiger partial charge is 0.124 e. The zero-order valence-corrected chi connectivity index (χ0v) is 12.9. The van der Waals surface area contributed by atoms with Gasteiger partial charge in [-0.05, 0) is 29.3 Å². The van der Waals surface area contributed by atoms with E-state index in [1.54, 1.807) is 0 Å². The van der Waals surface area contributed by atoms with Crippen molar-refractivity contribution in [2.75, 3.05) is 19.8 Å². The van der Waals surface area contributed by atoms with E-state index in [1.165, 1.54) is 10.8 Å². The van der Waals surface area contributed by atoms with Gasteiger partial charge in [0.15, 0.2) is 0 Å². The number of hydrogen-bond donors (Lipinski definition) is 1. The summed E-state index contributed by atoms with van der Waals surface area (Å²) in [5, 5.41) is 5.88. The van der Waals surface area contributed by atoms with Gasteiger partial charge in [-0.1, -0.05) is 44.2 Å². The highest BCUT2D eigenvalue weighted by Crippen LogP contribution is 2.28. The standard InChI is InChI=1S/C18H24FNO/c1-14(2)12-20-13-17-16-7-4-3-6-15(16)8-9-18(17)21-11-5-10-19/h3-4,6-9,14,20H,5,10-13H2,1-2H3. The summed E-state index contributed by atoms with van der Waals surface area (Å²) in [6.07, 6.45) is 0.436. The third-order valence-electron chi connectivity index (χ3n) is 3.39. The third-order valence-corrected chi connectivity index (χ3v) is 3.39. The molecular formula is C18H24FNO. The van der Waals surface area contributed by atoms with E-state index >= 15 is 0 Å². The SMILES string of the molecule is CC(C)CNCc1c(OCCCF)ccc2ccccc12. The molecule has 114 valence electrons. The van der Waals surface area contributed by atoms with Crippen LogP contribution in [-0.2, 0) is 6.54 Å². The van der Waals surface area contributed by atoms with Crippen LogP contribution < -0.4 is 10.1 Å². The fourth-order valence-electron chi connectivity index (χ4n) is 2.36. The Kier molecular flexibility index (Phi) is 6.00. The predicted octanol–water partition coefficient (Wildman–Crippen LogP) is 4.32. The summed E-state index contributed by atoms with van der Waals surface area (Å²) < 4.78 is 18.0.